The van der Waals surface area contributed by atoms with Crippen LogP contribution in [0.25, 0.3) is 5.57 Å². The van der Waals surface area contributed by atoms with Crippen molar-refractivity contribution in [2.24, 2.45) is 0 Å². The summed E-state index contributed by atoms with van der Waals surface area (Å²) in [5.41, 5.74) is -0.587. The maximum Gasteiger partial charge on any atom is 0.410 e. The van der Waals surface area contributed by atoms with Crippen molar-refractivity contribution in [3.8, 4) is 11.5 Å². The number of carbonyl (C=O) groups excluding carboxylic acids is 2. The number of hydrogen-bond acceptors (Lipinski definition) is 7. The molecule has 0 saturated carbocycles. The zero-order chi connectivity index (χ0) is 22.2. The Labute approximate surface area is 172 Å². The summed E-state index contributed by atoms with van der Waals surface area (Å²) in [5.74, 6) is -0.481. The maximum atomic E-state index is 12.7. The maximum absolute atomic E-state index is 12.7. The highest BCUT2D eigenvalue weighted by molar-refractivity contribution is 6.19. The molecule has 0 aromatic heterocycles. The number of ether oxygens (including phenoxy) is 4. The Kier molecular flexibility index (Phi) is 8.82. The topological polar surface area (TPSA) is 94.5 Å². The Bertz CT molecular complexity index is 728. The first-order valence-corrected chi connectivity index (χ1v) is 9.38. The summed E-state index contributed by atoms with van der Waals surface area (Å²) in [6.45, 7) is 8.76. The second-order valence-electron chi connectivity index (χ2n) is 7.07. The van der Waals surface area contributed by atoms with Crippen LogP contribution >= 0.6 is 0 Å². The summed E-state index contributed by atoms with van der Waals surface area (Å²) < 4.78 is 21.2. The lowest BCUT2D eigenvalue weighted by Crippen LogP contribution is -2.38. The summed E-state index contributed by atoms with van der Waals surface area (Å²) >= 11 is 0. The van der Waals surface area contributed by atoms with Crippen molar-refractivity contribution >= 4 is 17.6 Å². The first kappa shape index (κ1) is 24.1. The molecule has 0 fully saturated rings. The van der Waals surface area contributed by atoms with Gasteiger partial charge in [-0.3, -0.25) is 0 Å². The first-order valence-electron chi connectivity index (χ1n) is 9.38. The van der Waals surface area contributed by atoms with Gasteiger partial charge < -0.3 is 29.0 Å². The molecule has 0 radical (unpaired) electrons. The third kappa shape index (κ3) is 6.58. The smallest absolute Gasteiger partial charge is 0.410 e. The number of nitrogens with zero attached hydrogens (tertiary/aromatic N) is 1. The summed E-state index contributed by atoms with van der Waals surface area (Å²) in [6, 6.07) is 4.96. The summed E-state index contributed by atoms with van der Waals surface area (Å²) in [6.07, 6.45) is -0.609. The number of aliphatic hydroxyl groups is 1. The number of benzene rings is 1. The normalized spacial score (nSPS) is 12.0. The van der Waals surface area contributed by atoms with Crippen molar-refractivity contribution in [3.63, 3.8) is 0 Å². The van der Waals surface area contributed by atoms with Crippen molar-refractivity contribution in [3.05, 3.63) is 29.5 Å². The van der Waals surface area contributed by atoms with Crippen LogP contribution < -0.4 is 9.47 Å². The van der Waals surface area contributed by atoms with Crippen molar-refractivity contribution in [1.82, 2.24) is 4.90 Å². The molecule has 0 heterocycles. The zero-order valence-electron chi connectivity index (χ0n) is 18.2. The van der Waals surface area contributed by atoms with Gasteiger partial charge in [-0.1, -0.05) is 6.07 Å². The molecular weight excluding hydrogens is 378 g/mol. The van der Waals surface area contributed by atoms with E-state index in [1.54, 1.807) is 52.8 Å². The molecule has 1 aromatic rings. The molecule has 8 heteroatoms. The number of likely N-dealkylation sites (N-methyl/N-ethyl adjacent to an activating group) is 1. The molecule has 0 aliphatic rings. The van der Waals surface area contributed by atoms with Crippen molar-refractivity contribution in [2.45, 2.75) is 40.2 Å². The molecule has 0 atom stereocenters. The second-order valence-corrected chi connectivity index (χ2v) is 7.07. The highest BCUT2D eigenvalue weighted by Gasteiger charge is 2.29. The Hall–Kier alpha value is -2.90. The summed E-state index contributed by atoms with van der Waals surface area (Å²) in [4.78, 5) is 26.4. The lowest BCUT2D eigenvalue weighted by Gasteiger charge is -2.27. The fourth-order valence-electron chi connectivity index (χ4n) is 2.56. The monoisotopic (exact) mass is 409 g/mol. The third-order valence-electron chi connectivity index (χ3n) is 3.82. The van der Waals surface area contributed by atoms with Gasteiger partial charge in [0.1, 0.15) is 28.4 Å². The van der Waals surface area contributed by atoms with Gasteiger partial charge in [0.25, 0.3) is 0 Å². The van der Waals surface area contributed by atoms with E-state index in [1.165, 1.54) is 19.1 Å². The van der Waals surface area contributed by atoms with Crippen LogP contribution in [0.2, 0.25) is 0 Å². The van der Waals surface area contributed by atoms with Gasteiger partial charge in [0.15, 0.2) is 0 Å². The molecule has 0 spiro atoms. The second kappa shape index (κ2) is 10.6. The van der Waals surface area contributed by atoms with E-state index in [0.717, 1.165) is 0 Å². The van der Waals surface area contributed by atoms with Crippen LogP contribution in [0.4, 0.5) is 4.79 Å². The average Bonchev–Trinajstić information content (AvgIpc) is 2.65. The standard InChI is InChI=1S/C21H31NO7/c1-8-22(20(25)29-21(3,4)5)13-14(23)17(19(24)28-9-2)18-15(26-6)11-10-12-16(18)27-7/h10-12,23H,8-9,13H2,1-7H3/b17-14-. The van der Waals surface area contributed by atoms with E-state index in [9.17, 15) is 14.7 Å². The third-order valence-corrected chi connectivity index (χ3v) is 3.82. The highest BCUT2D eigenvalue weighted by atomic mass is 16.6. The van der Waals surface area contributed by atoms with Gasteiger partial charge in [-0.05, 0) is 46.8 Å². The number of rotatable bonds is 8. The predicted molar refractivity (Wildman–Crippen MR) is 109 cm³/mol. The molecule has 1 rings (SSSR count). The Balaban J connectivity index is 3.49. The molecule has 29 heavy (non-hydrogen) atoms. The number of amides is 1. The molecular formula is C21H31NO7. The minimum Gasteiger partial charge on any atom is -0.509 e. The number of hydrogen-bond donors (Lipinski definition) is 1. The Morgan fingerprint density at radius 3 is 2.03 bits per heavy atom. The van der Waals surface area contributed by atoms with E-state index >= 15 is 0 Å². The number of carbonyl (C=O) groups is 2. The minimum atomic E-state index is -0.756. The van der Waals surface area contributed by atoms with Crippen molar-refractivity contribution < 1.29 is 33.6 Å². The van der Waals surface area contributed by atoms with Gasteiger partial charge in [0, 0.05) is 6.54 Å². The quantitative estimate of drug-likeness (QED) is 0.396. The SMILES string of the molecule is CCOC(=O)/C(=C(\O)CN(CC)C(=O)OC(C)(C)C)c1c(OC)cccc1OC. The Morgan fingerprint density at radius 2 is 1.62 bits per heavy atom. The van der Waals surface area contributed by atoms with Crippen LogP contribution in [0.3, 0.4) is 0 Å². The number of aliphatic hydroxyl groups excluding tert-OH is 1. The lowest BCUT2D eigenvalue weighted by atomic mass is 10.0. The molecule has 1 N–H and O–H groups in total. The van der Waals surface area contributed by atoms with Gasteiger partial charge in [0.05, 0.1) is 32.9 Å². The number of esters is 1. The van der Waals surface area contributed by atoms with Gasteiger partial charge >= 0.3 is 12.1 Å². The molecule has 162 valence electrons. The van der Waals surface area contributed by atoms with E-state index in [4.69, 9.17) is 18.9 Å². The van der Waals surface area contributed by atoms with Crippen LogP contribution in [-0.4, -0.2) is 61.6 Å². The van der Waals surface area contributed by atoms with Crippen molar-refractivity contribution in [2.75, 3.05) is 33.9 Å². The van der Waals surface area contributed by atoms with Gasteiger partial charge in [0.2, 0.25) is 0 Å². The van der Waals surface area contributed by atoms with Crippen LogP contribution in [0, 0.1) is 0 Å². The molecule has 8 nitrogen and oxygen atoms in total. The van der Waals surface area contributed by atoms with Crippen LogP contribution in [0.1, 0.15) is 40.2 Å². The first-order chi connectivity index (χ1) is 13.6. The van der Waals surface area contributed by atoms with E-state index in [0.29, 0.717) is 11.5 Å². The predicted octanol–water partition coefficient (Wildman–Crippen LogP) is 3.79. The van der Waals surface area contributed by atoms with Crippen LogP contribution in [0.5, 0.6) is 11.5 Å². The summed E-state index contributed by atoms with van der Waals surface area (Å²) in [5, 5.41) is 10.9. The molecule has 0 aliphatic heterocycles. The largest absolute Gasteiger partial charge is 0.509 e. The molecule has 0 saturated heterocycles. The van der Waals surface area contributed by atoms with Crippen LogP contribution in [0.15, 0.2) is 24.0 Å². The summed E-state index contributed by atoms with van der Waals surface area (Å²) in [7, 11) is 2.88. The highest BCUT2D eigenvalue weighted by Crippen LogP contribution is 2.37. The molecule has 0 bridgehead atoms. The van der Waals surface area contributed by atoms with Gasteiger partial charge in [-0.15, -0.1) is 0 Å². The van der Waals surface area contributed by atoms with Gasteiger partial charge in [-0.2, -0.15) is 0 Å². The Morgan fingerprint density at radius 1 is 1.07 bits per heavy atom. The minimum absolute atomic E-state index is 0.108. The lowest BCUT2D eigenvalue weighted by molar-refractivity contribution is -0.136. The number of methoxy groups -OCH3 is 2. The fourth-order valence-corrected chi connectivity index (χ4v) is 2.56. The molecule has 1 aromatic carbocycles. The van der Waals surface area contributed by atoms with E-state index in [-0.39, 0.29) is 36.6 Å². The van der Waals surface area contributed by atoms with Crippen molar-refractivity contribution in [1.29, 1.82) is 0 Å². The molecule has 0 unspecified atom stereocenters. The average molecular weight is 409 g/mol. The molecule has 1 amide bonds. The van der Waals surface area contributed by atoms with E-state index in [2.05, 4.69) is 0 Å². The molecule has 0 aliphatic carbocycles. The van der Waals surface area contributed by atoms with Gasteiger partial charge in [-0.25, -0.2) is 9.59 Å². The zero-order valence-corrected chi connectivity index (χ0v) is 18.2. The fraction of sp³-hybridized carbons (Fsp3) is 0.524. The van der Waals surface area contributed by atoms with E-state index < -0.39 is 17.7 Å². The van der Waals surface area contributed by atoms with Crippen LogP contribution in [-0.2, 0) is 14.3 Å². The van der Waals surface area contributed by atoms with E-state index in [1.807, 2.05) is 0 Å².